The lowest BCUT2D eigenvalue weighted by Gasteiger charge is -2.09. The number of hydrogen-bond donors (Lipinski definition) is 0. The molecule has 0 fully saturated rings. The van der Waals surface area contributed by atoms with E-state index in [1.165, 1.54) is 12.1 Å². The number of benzene rings is 1. The molecule has 0 aliphatic rings. The van der Waals surface area contributed by atoms with Crippen molar-refractivity contribution in [3.05, 3.63) is 34.4 Å². The highest BCUT2D eigenvalue weighted by Crippen LogP contribution is 2.17. The van der Waals surface area contributed by atoms with Crippen molar-refractivity contribution >= 4 is 11.7 Å². The zero-order valence-corrected chi connectivity index (χ0v) is 28.6. The highest BCUT2D eigenvalue weighted by atomic mass is 16.6. The van der Waals surface area contributed by atoms with Crippen LogP contribution >= 0.6 is 0 Å². The average molecular weight is 692 g/mol. The van der Waals surface area contributed by atoms with E-state index in [1.54, 1.807) is 12.1 Å². The van der Waals surface area contributed by atoms with Gasteiger partial charge in [-0.25, -0.2) is 0 Å². The van der Waals surface area contributed by atoms with E-state index in [9.17, 15) is 14.9 Å². The second-order valence-corrected chi connectivity index (χ2v) is 10.1. The molecule has 0 aliphatic heterocycles. The SMILES string of the molecule is CCCCCCC(=O)OCCOCCOCCOCCOCCOCCOCCOCCOCCOCCOc1ccc([N+](=O)[O-])cc1. The second kappa shape index (κ2) is 34.4. The van der Waals surface area contributed by atoms with Gasteiger partial charge >= 0.3 is 5.97 Å². The minimum atomic E-state index is -0.454. The van der Waals surface area contributed by atoms with Crippen molar-refractivity contribution in [2.24, 2.45) is 0 Å². The Morgan fingerprint density at radius 2 is 0.875 bits per heavy atom. The third kappa shape index (κ3) is 29.7. The zero-order chi connectivity index (χ0) is 34.6. The number of nitro groups is 1. The normalized spacial score (nSPS) is 11.2. The molecule has 0 bridgehead atoms. The topological polar surface area (TPSA) is 162 Å². The smallest absolute Gasteiger partial charge is 0.305 e. The van der Waals surface area contributed by atoms with Gasteiger partial charge in [0.2, 0.25) is 0 Å². The van der Waals surface area contributed by atoms with Crippen molar-refractivity contribution in [2.45, 2.75) is 39.0 Å². The monoisotopic (exact) mass is 691 g/mol. The Kier molecular flexibility index (Phi) is 31.2. The number of esters is 1. The number of rotatable bonds is 37. The zero-order valence-electron chi connectivity index (χ0n) is 28.6. The van der Waals surface area contributed by atoms with Crippen LogP contribution in [0.25, 0.3) is 0 Å². The van der Waals surface area contributed by atoms with Crippen LogP contribution in [0.15, 0.2) is 24.3 Å². The van der Waals surface area contributed by atoms with Crippen LogP contribution in [0, 0.1) is 10.1 Å². The van der Waals surface area contributed by atoms with Gasteiger partial charge in [0.25, 0.3) is 5.69 Å². The molecule has 0 radical (unpaired) electrons. The molecule has 48 heavy (non-hydrogen) atoms. The summed E-state index contributed by atoms with van der Waals surface area (Å²) < 4.78 is 59.6. The van der Waals surface area contributed by atoms with Crippen LogP contribution in [0.4, 0.5) is 5.69 Å². The number of carbonyl (C=O) groups is 1. The Morgan fingerprint density at radius 1 is 0.521 bits per heavy atom. The van der Waals surface area contributed by atoms with Gasteiger partial charge in [0.05, 0.1) is 124 Å². The lowest BCUT2D eigenvalue weighted by atomic mass is 10.2. The molecule has 15 nitrogen and oxygen atoms in total. The standard InChI is InChI=1S/C33H57NO14/c1-2-3-4-5-6-33(35)48-30-28-46-26-24-44-22-20-42-18-16-40-14-12-38-11-13-39-15-17-41-19-21-43-23-25-45-27-29-47-32-9-7-31(8-10-32)34(36)37/h7-10H,2-6,11-30H2,1H3. The molecule has 0 atom stereocenters. The van der Waals surface area contributed by atoms with Gasteiger partial charge in [-0.3, -0.25) is 14.9 Å². The van der Waals surface area contributed by atoms with Gasteiger partial charge in [-0.2, -0.15) is 0 Å². The number of hydrogen-bond acceptors (Lipinski definition) is 14. The van der Waals surface area contributed by atoms with E-state index in [4.69, 9.17) is 52.1 Å². The Balaban J connectivity index is 1.66. The van der Waals surface area contributed by atoms with Crippen LogP contribution in [0.5, 0.6) is 5.75 Å². The first-order valence-corrected chi connectivity index (χ1v) is 16.9. The largest absolute Gasteiger partial charge is 0.491 e. The Bertz CT molecular complexity index is 861. The molecule has 1 rings (SSSR count). The molecule has 1 aromatic carbocycles. The molecule has 0 amide bonds. The Labute approximate surface area is 284 Å². The molecule has 0 N–H and O–H groups in total. The molecular formula is C33H57NO14. The molecule has 0 aliphatic carbocycles. The van der Waals surface area contributed by atoms with Crippen LogP contribution < -0.4 is 4.74 Å². The van der Waals surface area contributed by atoms with Gasteiger partial charge in [-0.05, 0) is 18.6 Å². The Hall–Kier alpha value is -2.47. The van der Waals surface area contributed by atoms with E-state index in [-0.39, 0.29) is 18.3 Å². The minimum Gasteiger partial charge on any atom is -0.491 e. The number of nitrogens with zero attached hydrogens (tertiary/aromatic N) is 1. The number of ether oxygens (including phenoxy) is 11. The molecule has 0 saturated heterocycles. The summed E-state index contributed by atoms with van der Waals surface area (Å²) in [6.07, 6.45) is 4.73. The van der Waals surface area contributed by atoms with E-state index in [1.807, 2.05) is 0 Å². The lowest BCUT2D eigenvalue weighted by molar-refractivity contribution is -0.384. The maximum absolute atomic E-state index is 11.5. The van der Waals surface area contributed by atoms with Crippen molar-refractivity contribution in [1.82, 2.24) is 0 Å². The first-order chi connectivity index (χ1) is 23.6. The maximum Gasteiger partial charge on any atom is 0.305 e. The first kappa shape index (κ1) is 43.6. The fraction of sp³-hybridized carbons (Fsp3) is 0.788. The summed E-state index contributed by atoms with van der Waals surface area (Å²) in [7, 11) is 0. The summed E-state index contributed by atoms with van der Waals surface area (Å²) in [6, 6.07) is 5.90. The third-order valence-corrected chi connectivity index (χ3v) is 6.25. The number of unbranched alkanes of at least 4 members (excludes halogenated alkanes) is 3. The van der Waals surface area contributed by atoms with E-state index in [2.05, 4.69) is 6.92 Å². The molecular weight excluding hydrogens is 634 g/mol. The van der Waals surface area contributed by atoms with E-state index >= 15 is 0 Å². The first-order valence-electron chi connectivity index (χ1n) is 16.9. The molecule has 0 heterocycles. The summed E-state index contributed by atoms with van der Waals surface area (Å²) in [5, 5.41) is 10.6. The van der Waals surface area contributed by atoms with E-state index < -0.39 is 4.92 Å². The lowest BCUT2D eigenvalue weighted by Crippen LogP contribution is -2.15. The highest BCUT2D eigenvalue weighted by Gasteiger charge is 2.04. The molecule has 0 unspecified atom stereocenters. The van der Waals surface area contributed by atoms with Crippen molar-refractivity contribution in [2.75, 3.05) is 132 Å². The molecule has 15 heteroatoms. The maximum atomic E-state index is 11.5. The van der Waals surface area contributed by atoms with Gasteiger partial charge in [0.15, 0.2) is 0 Å². The number of non-ortho nitro benzene ring substituents is 1. The third-order valence-electron chi connectivity index (χ3n) is 6.25. The van der Waals surface area contributed by atoms with Crippen molar-refractivity contribution < 1.29 is 61.8 Å². The van der Waals surface area contributed by atoms with Gasteiger partial charge < -0.3 is 52.1 Å². The Morgan fingerprint density at radius 3 is 1.23 bits per heavy atom. The van der Waals surface area contributed by atoms with Gasteiger partial charge in [0, 0.05) is 18.6 Å². The summed E-state index contributed by atoms with van der Waals surface area (Å²) in [5.41, 5.74) is 0.0235. The minimum absolute atomic E-state index is 0.0235. The van der Waals surface area contributed by atoms with Crippen molar-refractivity contribution in [3.63, 3.8) is 0 Å². The number of carbonyl (C=O) groups excluding carboxylic acids is 1. The molecule has 0 aromatic heterocycles. The van der Waals surface area contributed by atoms with Gasteiger partial charge in [0.1, 0.15) is 19.0 Å². The van der Waals surface area contributed by atoms with E-state index in [0.717, 1.165) is 25.7 Å². The fourth-order valence-corrected chi connectivity index (χ4v) is 3.73. The number of nitro benzene ring substituents is 1. The summed E-state index contributed by atoms with van der Waals surface area (Å²) in [6.45, 7) is 11.0. The van der Waals surface area contributed by atoms with Crippen LogP contribution in [-0.2, 0) is 52.2 Å². The molecule has 0 spiro atoms. The van der Waals surface area contributed by atoms with Gasteiger partial charge in [-0.1, -0.05) is 26.2 Å². The average Bonchev–Trinajstić information content (AvgIpc) is 3.09. The molecule has 278 valence electrons. The van der Waals surface area contributed by atoms with E-state index in [0.29, 0.717) is 138 Å². The predicted molar refractivity (Wildman–Crippen MR) is 176 cm³/mol. The van der Waals surface area contributed by atoms with Crippen LogP contribution in [0.1, 0.15) is 39.0 Å². The highest BCUT2D eigenvalue weighted by molar-refractivity contribution is 5.69. The van der Waals surface area contributed by atoms with Crippen LogP contribution in [0.2, 0.25) is 0 Å². The van der Waals surface area contributed by atoms with Crippen LogP contribution in [-0.4, -0.2) is 143 Å². The summed E-state index contributed by atoms with van der Waals surface area (Å²) in [5.74, 6) is 0.395. The summed E-state index contributed by atoms with van der Waals surface area (Å²) in [4.78, 5) is 21.7. The molecule has 0 saturated carbocycles. The van der Waals surface area contributed by atoms with Crippen molar-refractivity contribution in [1.29, 1.82) is 0 Å². The van der Waals surface area contributed by atoms with Crippen LogP contribution in [0.3, 0.4) is 0 Å². The van der Waals surface area contributed by atoms with Gasteiger partial charge in [-0.15, -0.1) is 0 Å². The van der Waals surface area contributed by atoms with Crippen molar-refractivity contribution in [3.8, 4) is 5.75 Å². The fourth-order valence-electron chi connectivity index (χ4n) is 3.73. The molecule has 1 aromatic rings. The second-order valence-electron chi connectivity index (χ2n) is 10.1. The predicted octanol–water partition coefficient (Wildman–Crippen LogP) is 3.64. The summed E-state index contributed by atoms with van der Waals surface area (Å²) >= 11 is 0. The quantitative estimate of drug-likeness (QED) is 0.0430.